The fourth-order valence-corrected chi connectivity index (χ4v) is 3.58. The van der Waals surface area contributed by atoms with Gasteiger partial charge in [-0.2, -0.15) is 8.78 Å². The number of halogens is 2. The maximum absolute atomic E-state index is 13.2. The Bertz CT molecular complexity index is 1180. The van der Waals surface area contributed by atoms with Gasteiger partial charge in [-0.15, -0.1) is 0 Å². The molecule has 0 radical (unpaired) electrons. The van der Waals surface area contributed by atoms with Crippen molar-refractivity contribution in [2.24, 2.45) is 0 Å². The van der Waals surface area contributed by atoms with Crippen LogP contribution in [0.3, 0.4) is 0 Å². The van der Waals surface area contributed by atoms with Crippen LogP contribution in [0.5, 0.6) is 0 Å². The zero-order valence-electron chi connectivity index (χ0n) is 15.2. The summed E-state index contributed by atoms with van der Waals surface area (Å²) in [6.45, 7) is 1.44. The summed E-state index contributed by atoms with van der Waals surface area (Å²) < 4.78 is 27.9. The molecule has 0 bridgehead atoms. The van der Waals surface area contributed by atoms with Gasteiger partial charge < -0.3 is 0 Å². The van der Waals surface area contributed by atoms with Gasteiger partial charge in [0.25, 0.3) is 6.08 Å². The van der Waals surface area contributed by atoms with E-state index in [0.717, 1.165) is 17.2 Å². The highest BCUT2D eigenvalue weighted by molar-refractivity contribution is 6.04. The molecular weight excluding hydrogens is 356 g/mol. The predicted octanol–water partition coefficient (Wildman–Crippen LogP) is 6.87. The number of rotatable bonds is 3. The van der Waals surface area contributed by atoms with Crippen LogP contribution >= 0.6 is 0 Å². The van der Waals surface area contributed by atoms with E-state index in [1.807, 2.05) is 54.6 Å². The Balaban J connectivity index is 1.96. The van der Waals surface area contributed by atoms with Crippen LogP contribution in [0, 0.1) is 0 Å². The number of benzene rings is 3. The van der Waals surface area contributed by atoms with Crippen LogP contribution in [0.25, 0.3) is 39.4 Å². The molecule has 0 saturated carbocycles. The molecule has 4 rings (SSSR count). The van der Waals surface area contributed by atoms with E-state index in [1.165, 1.54) is 11.5 Å². The molecule has 4 heteroatoms. The highest BCUT2D eigenvalue weighted by Crippen LogP contribution is 2.36. The van der Waals surface area contributed by atoms with E-state index < -0.39 is 6.08 Å². The Morgan fingerprint density at radius 3 is 2.00 bits per heavy atom. The third-order valence-corrected chi connectivity index (χ3v) is 4.75. The average Bonchev–Trinajstić information content (AvgIpc) is 3.03. The normalized spacial score (nSPS) is 10.8. The van der Waals surface area contributed by atoms with Gasteiger partial charge in [0.2, 0.25) is 5.91 Å². The molecule has 1 heterocycles. The first-order chi connectivity index (χ1) is 13.6. The molecule has 4 aromatic rings. The molecule has 28 heavy (non-hydrogen) atoms. The summed E-state index contributed by atoms with van der Waals surface area (Å²) in [6.07, 6.45) is -0.962. The lowest BCUT2D eigenvalue weighted by molar-refractivity contribution is 0.0943. The lowest BCUT2D eigenvalue weighted by Crippen LogP contribution is -2.07. The number of carbonyl (C=O) groups excluding carboxylic acids is 1. The number of nitrogens with zero attached hydrogens (tertiary/aromatic N) is 1. The largest absolute Gasteiger partial charge is 0.279 e. The van der Waals surface area contributed by atoms with Gasteiger partial charge in [0.15, 0.2) is 0 Å². The van der Waals surface area contributed by atoms with Crippen LogP contribution in [0.1, 0.15) is 17.3 Å². The van der Waals surface area contributed by atoms with Gasteiger partial charge in [-0.25, -0.2) is 0 Å². The van der Waals surface area contributed by atoms with Crippen molar-refractivity contribution >= 4 is 22.9 Å². The van der Waals surface area contributed by atoms with Crippen molar-refractivity contribution in [3.05, 3.63) is 90.5 Å². The van der Waals surface area contributed by atoms with Crippen molar-refractivity contribution < 1.29 is 13.6 Å². The number of hydrogen-bond donors (Lipinski definition) is 0. The van der Waals surface area contributed by atoms with Gasteiger partial charge in [-0.05, 0) is 22.8 Å². The minimum absolute atomic E-state index is 0.225. The van der Waals surface area contributed by atoms with E-state index in [1.54, 1.807) is 24.3 Å². The first-order valence-electron chi connectivity index (χ1n) is 8.89. The SMILES string of the molecule is CC(=O)n1c(-c2ccc(-c3ccccc3)cc2)c(C=C(F)F)c2ccccc21. The molecule has 0 spiro atoms. The summed E-state index contributed by atoms with van der Waals surface area (Å²) in [5.74, 6) is -0.225. The smallest absolute Gasteiger partial charge is 0.271 e. The predicted molar refractivity (Wildman–Crippen MR) is 109 cm³/mol. The fourth-order valence-electron chi connectivity index (χ4n) is 3.58. The Hall–Kier alpha value is -3.53. The van der Waals surface area contributed by atoms with Gasteiger partial charge in [0.05, 0.1) is 11.2 Å². The minimum Gasteiger partial charge on any atom is -0.279 e. The third kappa shape index (κ3) is 3.14. The van der Waals surface area contributed by atoms with E-state index in [9.17, 15) is 13.6 Å². The van der Waals surface area contributed by atoms with Crippen LogP contribution in [0.15, 0.2) is 84.9 Å². The molecule has 0 fully saturated rings. The van der Waals surface area contributed by atoms with Crippen molar-refractivity contribution in [2.75, 3.05) is 0 Å². The zero-order chi connectivity index (χ0) is 19.7. The molecule has 0 amide bonds. The van der Waals surface area contributed by atoms with Gasteiger partial charge in [0.1, 0.15) is 0 Å². The maximum Gasteiger partial charge on any atom is 0.271 e. The molecule has 3 aromatic carbocycles. The van der Waals surface area contributed by atoms with Crippen molar-refractivity contribution in [1.82, 2.24) is 4.57 Å². The number of para-hydroxylation sites is 1. The minimum atomic E-state index is -1.80. The molecule has 0 saturated heterocycles. The second kappa shape index (κ2) is 7.24. The second-order valence-corrected chi connectivity index (χ2v) is 6.51. The highest BCUT2D eigenvalue weighted by Gasteiger charge is 2.20. The number of carbonyl (C=O) groups is 1. The van der Waals surface area contributed by atoms with Crippen molar-refractivity contribution in [2.45, 2.75) is 6.92 Å². The summed E-state index contributed by atoms with van der Waals surface area (Å²) in [7, 11) is 0. The molecule has 0 atom stereocenters. The molecule has 2 nitrogen and oxygen atoms in total. The van der Waals surface area contributed by atoms with Gasteiger partial charge in [0, 0.05) is 23.9 Å². The van der Waals surface area contributed by atoms with E-state index in [-0.39, 0.29) is 5.91 Å². The highest BCUT2D eigenvalue weighted by atomic mass is 19.3. The quantitative estimate of drug-likeness (QED) is 0.384. The fraction of sp³-hybridized carbons (Fsp3) is 0.0417. The van der Waals surface area contributed by atoms with Gasteiger partial charge in [-0.3, -0.25) is 9.36 Å². The molecule has 138 valence electrons. The van der Waals surface area contributed by atoms with E-state index in [4.69, 9.17) is 0 Å². The van der Waals surface area contributed by atoms with Gasteiger partial charge >= 0.3 is 0 Å². The van der Waals surface area contributed by atoms with Crippen molar-refractivity contribution in [3.63, 3.8) is 0 Å². The molecule has 0 unspecified atom stereocenters. The Labute approximate surface area is 161 Å². The Morgan fingerprint density at radius 2 is 1.36 bits per heavy atom. The molecule has 0 aliphatic heterocycles. The monoisotopic (exact) mass is 373 g/mol. The Kier molecular flexibility index (Phi) is 4.62. The standard InChI is InChI=1S/C24H17F2NO/c1-16(28)27-22-10-6-5-9-20(22)21(15-23(25)26)24(27)19-13-11-18(12-14-19)17-7-3-2-4-8-17/h2-15H,1H3. The average molecular weight is 373 g/mol. The van der Waals surface area contributed by atoms with Crippen LogP contribution in [-0.4, -0.2) is 10.5 Å². The summed E-state index contributed by atoms with van der Waals surface area (Å²) in [4.78, 5) is 12.4. The molecular formula is C24H17F2NO. The maximum atomic E-state index is 13.2. The number of hydrogen-bond acceptors (Lipinski definition) is 1. The molecule has 0 N–H and O–H groups in total. The summed E-state index contributed by atoms with van der Waals surface area (Å²) >= 11 is 0. The van der Waals surface area contributed by atoms with Crippen molar-refractivity contribution in [3.8, 4) is 22.4 Å². The summed E-state index contributed by atoms with van der Waals surface area (Å²) in [6, 6.07) is 24.6. The van der Waals surface area contributed by atoms with Gasteiger partial charge in [-0.1, -0.05) is 72.8 Å². The topological polar surface area (TPSA) is 22.0 Å². The van der Waals surface area contributed by atoms with E-state index in [0.29, 0.717) is 27.7 Å². The first-order valence-corrected chi connectivity index (χ1v) is 8.89. The Morgan fingerprint density at radius 1 is 0.786 bits per heavy atom. The molecule has 0 aliphatic rings. The van der Waals surface area contributed by atoms with Crippen LogP contribution in [-0.2, 0) is 0 Å². The van der Waals surface area contributed by atoms with E-state index in [2.05, 4.69) is 0 Å². The van der Waals surface area contributed by atoms with E-state index >= 15 is 0 Å². The van der Waals surface area contributed by atoms with Crippen molar-refractivity contribution in [1.29, 1.82) is 0 Å². The molecule has 1 aromatic heterocycles. The lowest BCUT2D eigenvalue weighted by Gasteiger charge is -2.09. The lowest BCUT2D eigenvalue weighted by atomic mass is 10.0. The third-order valence-electron chi connectivity index (χ3n) is 4.75. The first kappa shape index (κ1) is 17.9. The number of fused-ring (bicyclic) bond motifs is 1. The summed E-state index contributed by atoms with van der Waals surface area (Å²) in [5, 5.41) is 0.618. The molecule has 0 aliphatic carbocycles. The summed E-state index contributed by atoms with van der Waals surface area (Å²) in [5.41, 5.74) is 4.22. The van der Waals surface area contributed by atoms with Crippen LogP contribution in [0.4, 0.5) is 8.78 Å². The zero-order valence-corrected chi connectivity index (χ0v) is 15.2. The van der Waals surface area contributed by atoms with Crippen LogP contribution in [0.2, 0.25) is 0 Å². The number of aromatic nitrogens is 1. The van der Waals surface area contributed by atoms with Crippen LogP contribution < -0.4 is 0 Å². The second-order valence-electron chi connectivity index (χ2n) is 6.51.